The number of piperidine rings is 1. The number of ketones is 1. The highest BCUT2D eigenvalue weighted by molar-refractivity contribution is 7.13. The van der Waals surface area contributed by atoms with E-state index >= 15 is 0 Å². The Bertz CT molecular complexity index is 1030. The van der Waals surface area contributed by atoms with Crippen LogP contribution in [0.5, 0.6) is 0 Å². The third kappa shape index (κ3) is 4.07. The van der Waals surface area contributed by atoms with Crippen LogP contribution in [0, 0.1) is 5.92 Å². The Morgan fingerprint density at radius 2 is 2.10 bits per heavy atom. The van der Waals surface area contributed by atoms with Gasteiger partial charge in [-0.25, -0.2) is 9.78 Å². The van der Waals surface area contributed by atoms with Crippen molar-refractivity contribution in [3.63, 3.8) is 0 Å². The summed E-state index contributed by atoms with van der Waals surface area (Å²) in [6.07, 6.45) is 5.43. The molecule has 1 aromatic heterocycles. The zero-order valence-corrected chi connectivity index (χ0v) is 18.0. The maximum atomic E-state index is 12.5. The van der Waals surface area contributed by atoms with Crippen LogP contribution in [-0.2, 0) is 4.79 Å². The van der Waals surface area contributed by atoms with E-state index in [0.717, 1.165) is 44.3 Å². The van der Waals surface area contributed by atoms with Crippen LogP contribution in [0.15, 0.2) is 23.6 Å². The molecule has 1 saturated carbocycles. The van der Waals surface area contributed by atoms with Crippen molar-refractivity contribution >= 4 is 40.6 Å². The summed E-state index contributed by atoms with van der Waals surface area (Å²) in [4.78, 5) is 43.4. The van der Waals surface area contributed by atoms with E-state index in [1.165, 1.54) is 17.8 Å². The Labute approximate surface area is 184 Å². The van der Waals surface area contributed by atoms with Crippen molar-refractivity contribution in [3.05, 3.63) is 29.1 Å². The van der Waals surface area contributed by atoms with E-state index in [1.807, 2.05) is 12.1 Å². The lowest BCUT2D eigenvalue weighted by Gasteiger charge is -2.29. The van der Waals surface area contributed by atoms with Crippen LogP contribution in [0.1, 0.15) is 42.5 Å². The lowest BCUT2D eigenvalue weighted by molar-refractivity contribution is -0.114. The fraction of sp³-hybridized carbons (Fsp3) is 0.455. The van der Waals surface area contributed by atoms with Crippen molar-refractivity contribution in [1.82, 2.24) is 15.6 Å². The summed E-state index contributed by atoms with van der Waals surface area (Å²) < 4.78 is 0. The molecule has 1 saturated heterocycles. The summed E-state index contributed by atoms with van der Waals surface area (Å²) in [5.74, 6) is 0.0715. The molecule has 1 aliphatic carbocycles. The van der Waals surface area contributed by atoms with Crippen molar-refractivity contribution in [2.45, 2.75) is 38.1 Å². The van der Waals surface area contributed by atoms with Crippen LogP contribution < -0.4 is 20.9 Å². The number of hydrogen-bond acceptors (Lipinski definition) is 6. The fourth-order valence-electron chi connectivity index (χ4n) is 4.32. The number of carbonyl (C=O) groups excluding carboxylic acids is 3. The van der Waals surface area contributed by atoms with Gasteiger partial charge in [0, 0.05) is 30.1 Å². The Hall–Kier alpha value is -2.78. The van der Waals surface area contributed by atoms with Gasteiger partial charge in [0.25, 0.3) is 11.7 Å². The quantitative estimate of drug-likeness (QED) is 0.622. The number of benzene rings is 1. The molecule has 3 N–H and O–H groups in total. The maximum Gasteiger partial charge on any atom is 0.320 e. The molecule has 31 heavy (non-hydrogen) atoms. The van der Waals surface area contributed by atoms with Crippen molar-refractivity contribution in [1.29, 1.82) is 0 Å². The standard InChI is InChI=1S/C22H25N5O3S/c28-19-16-9-14(6-7-17(16)27(21(19)29)11-13-3-1-4-13)20-25-18(12-31-20)26-22(30)24-15-5-2-8-23-10-15/h6-7,9,12-13,15,23H,1-5,8,10-11H2,(H2,24,26,30)/t15-/m0/s1. The van der Waals surface area contributed by atoms with E-state index in [-0.39, 0.29) is 12.1 Å². The van der Waals surface area contributed by atoms with Gasteiger partial charge in [-0.1, -0.05) is 6.42 Å². The average molecular weight is 440 g/mol. The van der Waals surface area contributed by atoms with E-state index in [2.05, 4.69) is 20.9 Å². The van der Waals surface area contributed by atoms with Gasteiger partial charge in [0.1, 0.15) is 10.8 Å². The summed E-state index contributed by atoms with van der Waals surface area (Å²) in [6.45, 7) is 2.38. The summed E-state index contributed by atoms with van der Waals surface area (Å²) in [5, 5.41) is 11.5. The number of nitrogens with zero attached hydrogens (tertiary/aromatic N) is 2. The molecule has 0 unspecified atom stereocenters. The number of rotatable bonds is 5. The minimum Gasteiger partial charge on any atom is -0.334 e. The number of thiazole rings is 1. The molecule has 3 heterocycles. The van der Waals surface area contributed by atoms with Gasteiger partial charge in [0.05, 0.1) is 11.3 Å². The van der Waals surface area contributed by atoms with Crippen LogP contribution in [0.3, 0.4) is 0 Å². The van der Waals surface area contributed by atoms with Crippen LogP contribution in [0.4, 0.5) is 16.3 Å². The zero-order valence-electron chi connectivity index (χ0n) is 17.1. The predicted molar refractivity (Wildman–Crippen MR) is 120 cm³/mol. The third-order valence-corrected chi connectivity index (χ3v) is 7.15. The van der Waals surface area contributed by atoms with Gasteiger partial charge in [-0.15, -0.1) is 11.3 Å². The van der Waals surface area contributed by atoms with Crippen molar-refractivity contribution in [2.75, 3.05) is 29.9 Å². The second-order valence-corrected chi connectivity index (χ2v) is 9.31. The number of aromatic nitrogens is 1. The largest absolute Gasteiger partial charge is 0.334 e. The number of urea groups is 1. The summed E-state index contributed by atoms with van der Waals surface area (Å²) >= 11 is 1.39. The molecular formula is C22H25N5O3S. The molecule has 162 valence electrons. The first-order valence-electron chi connectivity index (χ1n) is 10.8. The van der Waals surface area contributed by atoms with E-state index < -0.39 is 11.7 Å². The maximum absolute atomic E-state index is 12.5. The third-order valence-electron chi connectivity index (χ3n) is 6.26. The number of Topliss-reactive ketones (excluding diaryl/α,β-unsaturated/α-hetero) is 1. The zero-order chi connectivity index (χ0) is 21.4. The molecule has 5 rings (SSSR count). The molecular weight excluding hydrogens is 414 g/mol. The summed E-state index contributed by atoms with van der Waals surface area (Å²) in [7, 11) is 0. The first kappa shape index (κ1) is 20.1. The number of amides is 3. The Balaban J connectivity index is 1.28. The van der Waals surface area contributed by atoms with E-state index in [9.17, 15) is 14.4 Å². The molecule has 3 aliphatic rings. The molecule has 2 fully saturated rings. The van der Waals surface area contributed by atoms with Gasteiger partial charge >= 0.3 is 6.03 Å². The molecule has 1 atom stereocenters. The monoisotopic (exact) mass is 439 g/mol. The number of fused-ring (bicyclic) bond motifs is 1. The Morgan fingerprint density at radius 1 is 1.23 bits per heavy atom. The molecule has 2 aromatic rings. The second-order valence-electron chi connectivity index (χ2n) is 8.45. The van der Waals surface area contributed by atoms with Gasteiger partial charge in [-0.2, -0.15) is 0 Å². The van der Waals surface area contributed by atoms with E-state index in [4.69, 9.17) is 0 Å². The lowest BCUT2D eigenvalue weighted by atomic mass is 9.85. The van der Waals surface area contributed by atoms with Gasteiger partial charge < -0.3 is 15.5 Å². The molecule has 9 heteroatoms. The molecule has 3 amide bonds. The van der Waals surface area contributed by atoms with Crippen molar-refractivity contribution in [3.8, 4) is 10.6 Å². The number of carbonyl (C=O) groups is 3. The average Bonchev–Trinajstić information content (AvgIpc) is 3.29. The Kier molecular flexibility index (Phi) is 5.45. The molecule has 0 radical (unpaired) electrons. The van der Waals surface area contributed by atoms with Gasteiger partial charge in [-0.05, 0) is 56.3 Å². The number of anilines is 2. The minimum atomic E-state index is -0.452. The Morgan fingerprint density at radius 3 is 2.84 bits per heavy atom. The van der Waals surface area contributed by atoms with Gasteiger partial charge in [-0.3, -0.25) is 14.9 Å². The van der Waals surface area contributed by atoms with Crippen molar-refractivity contribution in [2.24, 2.45) is 5.92 Å². The highest BCUT2D eigenvalue weighted by atomic mass is 32.1. The summed E-state index contributed by atoms with van der Waals surface area (Å²) in [5.41, 5.74) is 1.90. The first-order chi connectivity index (χ1) is 15.1. The highest BCUT2D eigenvalue weighted by Crippen LogP contribution is 2.37. The normalized spacial score (nSPS) is 21.0. The minimum absolute atomic E-state index is 0.120. The van der Waals surface area contributed by atoms with Crippen LogP contribution in [0.2, 0.25) is 0 Å². The smallest absolute Gasteiger partial charge is 0.320 e. The van der Waals surface area contributed by atoms with Crippen LogP contribution in [0.25, 0.3) is 10.6 Å². The van der Waals surface area contributed by atoms with Crippen molar-refractivity contribution < 1.29 is 14.4 Å². The fourth-order valence-corrected chi connectivity index (χ4v) is 5.07. The van der Waals surface area contributed by atoms with E-state index in [1.54, 1.807) is 16.3 Å². The van der Waals surface area contributed by atoms with Crippen LogP contribution in [-0.4, -0.2) is 48.4 Å². The number of nitrogens with one attached hydrogen (secondary N) is 3. The molecule has 0 bridgehead atoms. The molecule has 0 spiro atoms. The van der Waals surface area contributed by atoms with E-state index in [0.29, 0.717) is 34.5 Å². The first-order valence-corrected chi connectivity index (χ1v) is 11.7. The highest BCUT2D eigenvalue weighted by Gasteiger charge is 2.38. The topological polar surface area (TPSA) is 103 Å². The SMILES string of the molecule is O=C(Nc1csc(-c2ccc3c(c2)C(=O)C(=O)N3CC2CCC2)n1)N[C@H]1CCCNC1. The molecule has 1 aromatic carbocycles. The van der Waals surface area contributed by atoms with Gasteiger partial charge in [0.15, 0.2) is 0 Å². The predicted octanol–water partition coefficient (Wildman–Crippen LogP) is 3.01. The molecule has 2 aliphatic heterocycles. The second kappa shape index (κ2) is 8.39. The van der Waals surface area contributed by atoms with Crippen LogP contribution >= 0.6 is 11.3 Å². The lowest BCUT2D eigenvalue weighted by Crippen LogP contribution is -2.47. The summed E-state index contributed by atoms with van der Waals surface area (Å²) in [6, 6.07) is 5.31. The van der Waals surface area contributed by atoms with Gasteiger partial charge in [0.2, 0.25) is 0 Å². The molecule has 8 nitrogen and oxygen atoms in total. The number of hydrogen-bond donors (Lipinski definition) is 3.